The first kappa shape index (κ1) is 13.3. The molecule has 0 aliphatic carbocycles. The van der Waals surface area contributed by atoms with Gasteiger partial charge in [0.15, 0.2) is 0 Å². The molecule has 1 aromatic carbocycles. The number of carbonyl (C=O) groups excluding carboxylic acids is 1. The molecule has 1 amide bonds. The Morgan fingerprint density at radius 3 is 2.79 bits per heavy atom. The summed E-state index contributed by atoms with van der Waals surface area (Å²) < 4.78 is 31.4. The third kappa shape index (κ3) is 3.22. The minimum Gasteiger partial charge on any atom is -0.445 e. The number of rotatable bonds is 2. The topological polar surface area (TPSA) is 29.5 Å². The van der Waals surface area contributed by atoms with Gasteiger partial charge in [-0.15, -0.1) is 6.42 Å². The first-order valence-electron chi connectivity index (χ1n) is 5.83. The van der Waals surface area contributed by atoms with Crippen LogP contribution < -0.4 is 0 Å². The van der Waals surface area contributed by atoms with E-state index in [9.17, 15) is 13.6 Å². The highest BCUT2D eigenvalue weighted by atomic mass is 19.3. The second-order valence-electron chi connectivity index (χ2n) is 4.41. The molecule has 1 saturated heterocycles. The summed E-state index contributed by atoms with van der Waals surface area (Å²) in [5.41, 5.74) is 0.791. The predicted octanol–water partition coefficient (Wildman–Crippen LogP) is 2.67. The Morgan fingerprint density at radius 2 is 2.16 bits per heavy atom. The van der Waals surface area contributed by atoms with E-state index in [1.54, 1.807) is 24.3 Å². The summed E-state index contributed by atoms with van der Waals surface area (Å²) in [5, 5.41) is 0. The number of alkyl halides is 2. The van der Waals surface area contributed by atoms with Crippen LogP contribution in [0.5, 0.6) is 0 Å². The molecule has 1 fully saturated rings. The van der Waals surface area contributed by atoms with E-state index in [0.29, 0.717) is 0 Å². The number of carbonyl (C=O) groups is 1. The van der Waals surface area contributed by atoms with Crippen LogP contribution in [0, 0.1) is 12.3 Å². The fourth-order valence-corrected chi connectivity index (χ4v) is 1.96. The fraction of sp³-hybridized carbons (Fsp3) is 0.357. The molecular weight excluding hydrogens is 252 g/mol. The van der Waals surface area contributed by atoms with Gasteiger partial charge in [-0.2, -0.15) is 0 Å². The highest BCUT2D eigenvalue weighted by Gasteiger charge is 2.47. The zero-order valence-electron chi connectivity index (χ0n) is 10.2. The Morgan fingerprint density at radius 1 is 1.47 bits per heavy atom. The molecule has 19 heavy (non-hydrogen) atoms. The van der Waals surface area contributed by atoms with Crippen molar-refractivity contribution in [1.82, 2.24) is 4.90 Å². The molecule has 100 valence electrons. The van der Waals surface area contributed by atoms with Crippen LogP contribution in [0.3, 0.4) is 0 Å². The van der Waals surface area contributed by atoms with Crippen LogP contribution >= 0.6 is 0 Å². The first-order valence-corrected chi connectivity index (χ1v) is 5.83. The van der Waals surface area contributed by atoms with Gasteiger partial charge in [-0.1, -0.05) is 36.3 Å². The molecule has 1 atom stereocenters. The maximum atomic E-state index is 13.2. The Kier molecular flexibility index (Phi) is 3.70. The van der Waals surface area contributed by atoms with Crippen LogP contribution in [0.4, 0.5) is 13.6 Å². The second kappa shape index (κ2) is 5.27. The van der Waals surface area contributed by atoms with Gasteiger partial charge >= 0.3 is 6.09 Å². The van der Waals surface area contributed by atoms with Gasteiger partial charge in [-0.25, -0.2) is 13.6 Å². The minimum atomic E-state index is -2.94. The molecular formula is C14H13F2NO2. The number of terminal acetylenes is 1. The molecule has 0 aromatic heterocycles. The van der Waals surface area contributed by atoms with Crippen molar-refractivity contribution in [2.75, 3.05) is 6.54 Å². The number of hydrogen-bond acceptors (Lipinski definition) is 2. The predicted molar refractivity (Wildman–Crippen MR) is 65.5 cm³/mol. The summed E-state index contributed by atoms with van der Waals surface area (Å²) >= 11 is 0. The van der Waals surface area contributed by atoms with Crippen molar-refractivity contribution < 1.29 is 18.3 Å². The summed E-state index contributed by atoms with van der Waals surface area (Å²) in [6.07, 6.45) is 3.85. The van der Waals surface area contributed by atoms with Crippen LogP contribution in [-0.4, -0.2) is 29.5 Å². The van der Waals surface area contributed by atoms with Crippen molar-refractivity contribution in [3.8, 4) is 12.3 Å². The monoisotopic (exact) mass is 265 g/mol. The van der Waals surface area contributed by atoms with Gasteiger partial charge in [0.05, 0.1) is 6.54 Å². The molecule has 0 bridgehead atoms. The van der Waals surface area contributed by atoms with Crippen molar-refractivity contribution in [2.24, 2.45) is 0 Å². The third-order valence-electron chi connectivity index (χ3n) is 2.90. The normalized spacial score (nSPS) is 20.9. The van der Waals surface area contributed by atoms with Gasteiger partial charge < -0.3 is 4.74 Å². The van der Waals surface area contributed by atoms with Crippen molar-refractivity contribution in [1.29, 1.82) is 0 Å². The van der Waals surface area contributed by atoms with Crippen LogP contribution in [0.2, 0.25) is 0 Å². The van der Waals surface area contributed by atoms with Gasteiger partial charge in [-0.3, -0.25) is 4.90 Å². The second-order valence-corrected chi connectivity index (χ2v) is 4.41. The number of benzene rings is 1. The van der Waals surface area contributed by atoms with Crippen molar-refractivity contribution in [3.63, 3.8) is 0 Å². The average molecular weight is 265 g/mol. The maximum absolute atomic E-state index is 13.2. The van der Waals surface area contributed by atoms with Crippen molar-refractivity contribution >= 4 is 6.09 Å². The summed E-state index contributed by atoms with van der Waals surface area (Å²) in [6.45, 7) is -0.644. The Hall–Kier alpha value is -2.09. The molecule has 1 unspecified atom stereocenters. The van der Waals surface area contributed by atoms with Crippen LogP contribution in [0.15, 0.2) is 30.3 Å². The minimum absolute atomic E-state index is 0.0407. The van der Waals surface area contributed by atoms with Crippen LogP contribution in [-0.2, 0) is 11.3 Å². The lowest BCUT2D eigenvalue weighted by Crippen LogP contribution is -2.36. The maximum Gasteiger partial charge on any atom is 0.411 e. The molecule has 1 aromatic rings. The number of ether oxygens (including phenoxy) is 1. The molecule has 1 aliphatic heterocycles. The summed E-state index contributed by atoms with van der Waals surface area (Å²) in [7, 11) is 0. The van der Waals surface area contributed by atoms with Gasteiger partial charge in [0.2, 0.25) is 0 Å². The van der Waals surface area contributed by atoms with Crippen LogP contribution in [0.1, 0.15) is 12.0 Å². The fourth-order valence-electron chi connectivity index (χ4n) is 1.96. The lowest BCUT2D eigenvalue weighted by molar-refractivity contribution is 0.0102. The van der Waals surface area contributed by atoms with Gasteiger partial charge in [0.25, 0.3) is 5.92 Å². The van der Waals surface area contributed by atoms with Gasteiger partial charge in [0.1, 0.15) is 12.6 Å². The number of amides is 1. The van der Waals surface area contributed by atoms with E-state index in [1.807, 2.05) is 6.07 Å². The highest BCUT2D eigenvalue weighted by molar-refractivity contribution is 5.69. The average Bonchev–Trinajstić information content (AvgIpc) is 2.72. The molecule has 0 spiro atoms. The van der Waals surface area contributed by atoms with E-state index >= 15 is 0 Å². The molecule has 0 radical (unpaired) electrons. The van der Waals surface area contributed by atoms with Gasteiger partial charge in [-0.05, 0) is 5.56 Å². The van der Waals surface area contributed by atoms with E-state index in [0.717, 1.165) is 10.5 Å². The van der Waals surface area contributed by atoms with Crippen molar-refractivity contribution in [2.45, 2.75) is 25.0 Å². The summed E-state index contributed by atoms with van der Waals surface area (Å²) in [6, 6.07) is 8.10. The van der Waals surface area contributed by atoms with E-state index in [2.05, 4.69) is 5.92 Å². The molecule has 5 heteroatoms. The molecule has 3 nitrogen and oxygen atoms in total. The molecule has 1 heterocycles. The summed E-state index contributed by atoms with van der Waals surface area (Å²) in [4.78, 5) is 12.7. The largest absolute Gasteiger partial charge is 0.445 e. The Labute approximate surface area is 110 Å². The zero-order valence-corrected chi connectivity index (χ0v) is 10.2. The quantitative estimate of drug-likeness (QED) is 0.769. The third-order valence-corrected chi connectivity index (χ3v) is 2.90. The number of likely N-dealkylation sites (tertiary alicyclic amines) is 1. The summed E-state index contributed by atoms with van der Waals surface area (Å²) in [5.74, 6) is -0.748. The number of hydrogen-bond donors (Lipinski definition) is 0. The lowest BCUT2D eigenvalue weighted by Gasteiger charge is -2.19. The Balaban J connectivity index is 1.95. The molecule has 2 rings (SSSR count). The lowest BCUT2D eigenvalue weighted by atomic mass is 10.2. The number of halogens is 2. The van der Waals surface area contributed by atoms with Gasteiger partial charge in [0, 0.05) is 6.42 Å². The van der Waals surface area contributed by atoms with E-state index in [4.69, 9.17) is 11.2 Å². The zero-order chi connectivity index (χ0) is 13.9. The SMILES string of the molecule is C#CC1CC(F)(F)CN1C(=O)OCc1ccccc1. The smallest absolute Gasteiger partial charge is 0.411 e. The van der Waals surface area contributed by atoms with E-state index in [-0.39, 0.29) is 6.61 Å². The standard InChI is InChI=1S/C14H13F2NO2/c1-2-12-8-14(15,16)10-17(12)13(18)19-9-11-6-4-3-5-7-11/h1,3-7,12H,8-10H2. The molecule has 0 N–H and O–H groups in total. The molecule has 1 aliphatic rings. The van der Waals surface area contributed by atoms with Crippen LogP contribution in [0.25, 0.3) is 0 Å². The van der Waals surface area contributed by atoms with E-state index in [1.165, 1.54) is 0 Å². The Bertz CT molecular complexity index is 496. The van der Waals surface area contributed by atoms with E-state index < -0.39 is 31.0 Å². The number of nitrogens with zero attached hydrogens (tertiary/aromatic N) is 1. The van der Waals surface area contributed by atoms with Crippen molar-refractivity contribution in [3.05, 3.63) is 35.9 Å². The molecule has 0 saturated carbocycles. The first-order chi connectivity index (χ1) is 9.02. The highest BCUT2D eigenvalue weighted by Crippen LogP contribution is 2.32.